The number of carbonyl (C=O) groups is 2. The number of hydrogen-bond acceptors (Lipinski definition) is 6. The Morgan fingerprint density at radius 2 is 2.21 bits per heavy atom. The van der Waals surface area contributed by atoms with Gasteiger partial charge in [-0.15, -0.1) is 0 Å². The van der Waals surface area contributed by atoms with Crippen LogP contribution >= 0.6 is 0 Å². The molecule has 1 amide bonds. The molecule has 0 spiro atoms. The smallest absolute Gasteiger partial charge is 0.308 e. The number of hydrogen-bond donors (Lipinski definition) is 0. The molecule has 0 radical (unpaired) electrons. The van der Waals surface area contributed by atoms with Crippen molar-refractivity contribution in [2.75, 3.05) is 26.8 Å². The highest BCUT2D eigenvalue weighted by atomic mass is 16.5. The Morgan fingerprint density at radius 3 is 2.89 bits per heavy atom. The minimum absolute atomic E-state index is 0.144. The number of nitrogens with zero attached hydrogens (tertiary/aromatic N) is 3. The summed E-state index contributed by atoms with van der Waals surface area (Å²) >= 11 is 0. The standard InChI is InChI=1S/C12H15N3O4/c1-18-11(16)4-10-7-15(2-3-19-10)12(17)9-5-13-8-14-6-9/h5-6,8,10H,2-4,7H2,1H3. The van der Waals surface area contributed by atoms with E-state index in [4.69, 9.17) is 4.74 Å². The number of amides is 1. The molecule has 7 heteroatoms. The third-order valence-electron chi connectivity index (χ3n) is 2.86. The summed E-state index contributed by atoms with van der Waals surface area (Å²) in [5.74, 6) is -0.499. The highest BCUT2D eigenvalue weighted by Gasteiger charge is 2.27. The van der Waals surface area contributed by atoms with Gasteiger partial charge in [-0.25, -0.2) is 9.97 Å². The molecular formula is C12H15N3O4. The van der Waals surface area contributed by atoms with E-state index in [1.54, 1.807) is 4.90 Å². The van der Waals surface area contributed by atoms with Crippen LogP contribution in [0.1, 0.15) is 16.8 Å². The van der Waals surface area contributed by atoms with Crippen molar-refractivity contribution in [2.24, 2.45) is 0 Å². The molecule has 19 heavy (non-hydrogen) atoms. The average Bonchev–Trinajstić information content (AvgIpc) is 2.47. The molecular weight excluding hydrogens is 250 g/mol. The fourth-order valence-electron chi connectivity index (χ4n) is 1.89. The first-order valence-corrected chi connectivity index (χ1v) is 5.93. The molecule has 1 saturated heterocycles. The second-order valence-electron chi connectivity index (χ2n) is 4.15. The molecule has 1 aliphatic heterocycles. The van der Waals surface area contributed by atoms with Crippen molar-refractivity contribution >= 4 is 11.9 Å². The van der Waals surface area contributed by atoms with Crippen LogP contribution in [0.25, 0.3) is 0 Å². The van der Waals surface area contributed by atoms with Crippen molar-refractivity contribution in [3.05, 3.63) is 24.3 Å². The molecule has 0 N–H and O–H groups in total. The van der Waals surface area contributed by atoms with E-state index in [0.29, 0.717) is 25.3 Å². The van der Waals surface area contributed by atoms with E-state index in [1.165, 1.54) is 25.8 Å². The number of methoxy groups -OCH3 is 1. The summed E-state index contributed by atoms with van der Waals surface area (Å²) in [4.78, 5) is 32.6. The lowest BCUT2D eigenvalue weighted by atomic mass is 10.2. The molecule has 1 aromatic rings. The predicted molar refractivity (Wildman–Crippen MR) is 64.3 cm³/mol. The third-order valence-corrected chi connectivity index (χ3v) is 2.86. The van der Waals surface area contributed by atoms with E-state index in [-0.39, 0.29) is 24.4 Å². The molecule has 1 atom stereocenters. The first-order chi connectivity index (χ1) is 9.20. The summed E-state index contributed by atoms with van der Waals surface area (Å²) in [7, 11) is 1.33. The highest BCUT2D eigenvalue weighted by molar-refractivity contribution is 5.93. The van der Waals surface area contributed by atoms with Gasteiger partial charge in [0.2, 0.25) is 0 Å². The monoisotopic (exact) mass is 265 g/mol. The zero-order chi connectivity index (χ0) is 13.7. The topological polar surface area (TPSA) is 81.6 Å². The first-order valence-electron chi connectivity index (χ1n) is 5.93. The van der Waals surface area contributed by atoms with E-state index < -0.39 is 0 Å². The Labute approximate surface area is 110 Å². The van der Waals surface area contributed by atoms with Gasteiger partial charge in [-0.05, 0) is 0 Å². The van der Waals surface area contributed by atoms with Gasteiger partial charge in [-0.2, -0.15) is 0 Å². The van der Waals surface area contributed by atoms with Gasteiger partial charge in [0.1, 0.15) is 6.33 Å². The lowest BCUT2D eigenvalue weighted by molar-refractivity contribution is -0.145. The van der Waals surface area contributed by atoms with Crippen molar-refractivity contribution in [1.29, 1.82) is 0 Å². The first kappa shape index (κ1) is 13.4. The van der Waals surface area contributed by atoms with Crippen molar-refractivity contribution < 1.29 is 19.1 Å². The van der Waals surface area contributed by atoms with Crippen molar-refractivity contribution in [3.63, 3.8) is 0 Å². The van der Waals surface area contributed by atoms with Gasteiger partial charge in [0.05, 0.1) is 31.8 Å². The summed E-state index contributed by atoms with van der Waals surface area (Å²) in [6, 6.07) is 0. The Bertz CT molecular complexity index is 452. The molecule has 102 valence electrons. The molecule has 0 bridgehead atoms. The summed E-state index contributed by atoms with van der Waals surface area (Å²) in [6.07, 6.45) is 4.14. The zero-order valence-corrected chi connectivity index (χ0v) is 10.6. The Hall–Kier alpha value is -2.02. The maximum atomic E-state index is 12.2. The van der Waals surface area contributed by atoms with Crippen LogP contribution in [-0.2, 0) is 14.3 Å². The van der Waals surface area contributed by atoms with Crippen LogP contribution < -0.4 is 0 Å². The van der Waals surface area contributed by atoms with Crippen LogP contribution in [0.5, 0.6) is 0 Å². The second-order valence-corrected chi connectivity index (χ2v) is 4.15. The van der Waals surface area contributed by atoms with E-state index >= 15 is 0 Å². The van der Waals surface area contributed by atoms with E-state index in [2.05, 4.69) is 14.7 Å². The molecule has 1 unspecified atom stereocenters. The van der Waals surface area contributed by atoms with Gasteiger partial charge in [0.25, 0.3) is 5.91 Å². The Kier molecular flexibility index (Phi) is 4.40. The van der Waals surface area contributed by atoms with E-state index in [0.717, 1.165) is 0 Å². The zero-order valence-electron chi connectivity index (χ0n) is 10.6. The molecule has 0 aliphatic carbocycles. The second kappa shape index (κ2) is 6.24. The van der Waals surface area contributed by atoms with Crippen LogP contribution in [0.4, 0.5) is 0 Å². The minimum Gasteiger partial charge on any atom is -0.469 e. The largest absolute Gasteiger partial charge is 0.469 e. The molecule has 0 saturated carbocycles. The molecule has 0 aromatic carbocycles. The molecule has 2 rings (SSSR count). The van der Waals surface area contributed by atoms with Crippen LogP contribution in [-0.4, -0.2) is 59.7 Å². The molecule has 1 fully saturated rings. The Morgan fingerprint density at radius 1 is 1.47 bits per heavy atom. The predicted octanol–water partition coefficient (Wildman–Crippen LogP) is -0.119. The summed E-state index contributed by atoms with van der Waals surface area (Å²) < 4.78 is 10.0. The number of esters is 1. The maximum absolute atomic E-state index is 12.2. The molecule has 1 aromatic heterocycles. The van der Waals surface area contributed by atoms with Crippen molar-refractivity contribution in [1.82, 2.24) is 14.9 Å². The lowest BCUT2D eigenvalue weighted by Crippen LogP contribution is -2.46. The number of rotatable bonds is 3. The highest BCUT2D eigenvalue weighted by Crippen LogP contribution is 2.12. The van der Waals surface area contributed by atoms with Gasteiger partial charge in [0.15, 0.2) is 0 Å². The van der Waals surface area contributed by atoms with Crippen molar-refractivity contribution in [2.45, 2.75) is 12.5 Å². The van der Waals surface area contributed by atoms with Crippen LogP contribution in [0, 0.1) is 0 Å². The minimum atomic E-state index is -0.345. The van der Waals surface area contributed by atoms with Gasteiger partial charge in [0, 0.05) is 25.5 Å². The lowest BCUT2D eigenvalue weighted by Gasteiger charge is -2.32. The van der Waals surface area contributed by atoms with Crippen molar-refractivity contribution in [3.8, 4) is 0 Å². The van der Waals surface area contributed by atoms with Gasteiger partial charge < -0.3 is 14.4 Å². The molecule has 2 heterocycles. The van der Waals surface area contributed by atoms with E-state index in [1.807, 2.05) is 0 Å². The van der Waals surface area contributed by atoms with Crippen LogP contribution in [0.3, 0.4) is 0 Å². The normalized spacial score (nSPS) is 19.0. The Balaban J connectivity index is 1.97. The fourth-order valence-corrected chi connectivity index (χ4v) is 1.89. The fraction of sp³-hybridized carbons (Fsp3) is 0.500. The average molecular weight is 265 g/mol. The molecule has 7 nitrogen and oxygen atoms in total. The number of aromatic nitrogens is 2. The maximum Gasteiger partial charge on any atom is 0.308 e. The summed E-state index contributed by atoms with van der Waals surface area (Å²) in [5.41, 5.74) is 0.432. The molecule has 1 aliphatic rings. The number of ether oxygens (including phenoxy) is 2. The quantitative estimate of drug-likeness (QED) is 0.709. The van der Waals surface area contributed by atoms with Gasteiger partial charge in [-0.1, -0.05) is 0 Å². The van der Waals surface area contributed by atoms with Crippen LogP contribution in [0.15, 0.2) is 18.7 Å². The summed E-state index contributed by atoms with van der Waals surface area (Å²) in [6.45, 7) is 1.26. The van der Waals surface area contributed by atoms with Gasteiger partial charge in [-0.3, -0.25) is 9.59 Å². The summed E-state index contributed by atoms with van der Waals surface area (Å²) in [5, 5.41) is 0. The SMILES string of the molecule is COC(=O)CC1CN(C(=O)c2cncnc2)CCO1. The van der Waals surface area contributed by atoms with E-state index in [9.17, 15) is 9.59 Å². The van der Waals surface area contributed by atoms with Crippen LogP contribution in [0.2, 0.25) is 0 Å². The third kappa shape index (κ3) is 3.47. The number of carbonyl (C=O) groups excluding carboxylic acids is 2. The number of morpholine rings is 1. The van der Waals surface area contributed by atoms with Gasteiger partial charge >= 0.3 is 5.97 Å².